The second-order valence-corrected chi connectivity index (χ2v) is 7.79. The van der Waals surface area contributed by atoms with E-state index in [1.165, 1.54) is 28.2 Å². The normalized spacial score (nSPS) is 13.6. The van der Waals surface area contributed by atoms with Crippen molar-refractivity contribution in [2.24, 2.45) is 0 Å². The number of aromatic nitrogens is 1. The van der Waals surface area contributed by atoms with Crippen molar-refractivity contribution in [1.82, 2.24) is 8.87 Å². The topological polar surface area (TPSA) is 79.6 Å². The minimum atomic E-state index is -3.67. The highest BCUT2D eigenvalue weighted by atomic mass is 32.2. The fourth-order valence-corrected chi connectivity index (χ4v) is 3.95. The van der Waals surface area contributed by atoms with Crippen molar-refractivity contribution in [2.45, 2.75) is 37.8 Å². The highest BCUT2D eigenvalue weighted by Crippen LogP contribution is 2.21. The molecule has 1 heterocycles. The number of thioether (sulfide) groups is 1. The largest absolute Gasteiger partial charge is 0.477 e. The van der Waals surface area contributed by atoms with Crippen LogP contribution in [0.1, 0.15) is 30.8 Å². The molecule has 0 aromatic carbocycles. The molecule has 1 aromatic heterocycles. The summed E-state index contributed by atoms with van der Waals surface area (Å²) in [7, 11) is -2.14. The van der Waals surface area contributed by atoms with Gasteiger partial charge in [0.25, 0.3) is 0 Å². The first-order valence-corrected chi connectivity index (χ1v) is 9.49. The number of sulfonamides is 1. The molecule has 0 aliphatic heterocycles. The van der Waals surface area contributed by atoms with Crippen LogP contribution in [0.15, 0.2) is 17.2 Å². The lowest BCUT2D eigenvalue weighted by Crippen LogP contribution is -2.35. The monoisotopic (exact) mass is 334 g/mol. The summed E-state index contributed by atoms with van der Waals surface area (Å²) in [4.78, 5) is 11.2. The number of aryl methyl sites for hydroxylation is 1. The number of aromatic carboxylic acids is 1. The van der Waals surface area contributed by atoms with Gasteiger partial charge in [0.05, 0.1) is 0 Å². The summed E-state index contributed by atoms with van der Waals surface area (Å²) < 4.78 is 27.8. The zero-order valence-corrected chi connectivity index (χ0v) is 14.4. The molecule has 1 rings (SSSR count). The highest BCUT2D eigenvalue weighted by Gasteiger charge is 2.28. The third-order valence-corrected chi connectivity index (χ3v) is 6.05. The van der Waals surface area contributed by atoms with Gasteiger partial charge in [0, 0.05) is 25.8 Å². The van der Waals surface area contributed by atoms with Crippen LogP contribution in [-0.4, -0.2) is 53.5 Å². The molecule has 0 saturated carbocycles. The molecule has 0 aliphatic carbocycles. The molecular weight excluding hydrogens is 312 g/mol. The molecule has 1 unspecified atom stereocenters. The maximum Gasteiger partial charge on any atom is 0.352 e. The van der Waals surface area contributed by atoms with E-state index < -0.39 is 16.0 Å². The third-order valence-electron chi connectivity index (χ3n) is 3.47. The fourth-order valence-electron chi connectivity index (χ4n) is 1.94. The smallest absolute Gasteiger partial charge is 0.352 e. The second-order valence-electron chi connectivity index (χ2n) is 4.80. The van der Waals surface area contributed by atoms with E-state index in [4.69, 9.17) is 5.11 Å². The molecule has 0 radical (unpaired) electrons. The van der Waals surface area contributed by atoms with Gasteiger partial charge in [-0.3, -0.25) is 0 Å². The summed E-state index contributed by atoms with van der Waals surface area (Å²) in [6, 6.07) is 1.08. The molecule has 0 fully saturated rings. The molecule has 0 amide bonds. The van der Waals surface area contributed by atoms with E-state index in [9.17, 15) is 13.2 Å². The van der Waals surface area contributed by atoms with E-state index in [0.29, 0.717) is 6.54 Å². The molecule has 1 N–H and O–H groups in total. The van der Waals surface area contributed by atoms with Crippen LogP contribution < -0.4 is 0 Å². The Kier molecular flexibility index (Phi) is 6.30. The third kappa shape index (κ3) is 4.02. The van der Waals surface area contributed by atoms with E-state index in [-0.39, 0.29) is 16.6 Å². The highest BCUT2D eigenvalue weighted by molar-refractivity contribution is 7.98. The van der Waals surface area contributed by atoms with Crippen molar-refractivity contribution in [2.75, 3.05) is 19.1 Å². The lowest BCUT2D eigenvalue weighted by molar-refractivity contribution is 0.0685. The molecule has 0 bridgehead atoms. The van der Waals surface area contributed by atoms with Gasteiger partial charge in [-0.1, -0.05) is 0 Å². The van der Waals surface area contributed by atoms with Gasteiger partial charge >= 0.3 is 5.97 Å². The number of nitrogens with zero attached hydrogens (tertiary/aromatic N) is 2. The number of hydrogen-bond acceptors (Lipinski definition) is 4. The Morgan fingerprint density at radius 3 is 2.57 bits per heavy atom. The molecule has 6 nitrogen and oxygen atoms in total. The van der Waals surface area contributed by atoms with Gasteiger partial charge in [-0.15, -0.1) is 0 Å². The minimum absolute atomic E-state index is 0.0127. The molecule has 0 spiro atoms. The van der Waals surface area contributed by atoms with Crippen molar-refractivity contribution in [3.8, 4) is 0 Å². The standard InChI is InChI=1S/C13H22N2O4S2/c1-5-15-9-11(8-12(15)13(16)17)21(18,19)14(3)10(2)6-7-20-4/h8-10H,5-7H2,1-4H3,(H,16,17). The molecule has 1 aromatic rings. The van der Waals surface area contributed by atoms with Gasteiger partial charge < -0.3 is 9.67 Å². The van der Waals surface area contributed by atoms with E-state index in [2.05, 4.69) is 0 Å². The molecule has 120 valence electrons. The predicted octanol–water partition coefficient (Wildman–Crippen LogP) is 1.97. The van der Waals surface area contributed by atoms with Crippen LogP contribution in [0.4, 0.5) is 0 Å². The van der Waals surface area contributed by atoms with Crippen molar-refractivity contribution in [1.29, 1.82) is 0 Å². The zero-order chi connectivity index (χ0) is 16.2. The van der Waals surface area contributed by atoms with Gasteiger partial charge in [0.15, 0.2) is 0 Å². The van der Waals surface area contributed by atoms with Gasteiger partial charge in [-0.2, -0.15) is 16.1 Å². The first kappa shape index (κ1) is 18.1. The summed E-state index contributed by atoms with van der Waals surface area (Å²) >= 11 is 1.66. The molecule has 8 heteroatoms. The van der Waals surface area contributed by atoms with Crippen LogP contribution in [-0.2, 0) is 16.6 Å². The fraction of sp³-hybridized carbons (Fsp3) is 0.615. The summed E-state index contributed by atoms with van der Waals surface area (Å²) in [5.41, 5.74) is -0.0127. The van der Waals surface area contributed by atoms with Crippen LogP contribution in [0.5, 0.6) is 0 Å². The Hall–Kier alpha value is -0.990. The molecule has 0 aliphatic rings. The second kappa shape index (κ2) is 7.33. The maximum absolute atomic E-state index is 12.6. The lowest BCUT2D eigenvalue weighted by atomic mass is 10.3. The van der Waals surface area contributed by atoms with Crippen LogP contribution in [0, 0.1) is 0 Å². The van der Waals surface area contributed by atoms with Gasteiger partial charge in [-0.05, 0) is 38.3 Å². The van der Waals surface area contributed by atoms with Gasteiger partial charge in [-0.25, -0.2) is 13.2 Å². The van der Waals surface area contributed by atoms with Crippen LogP contribution in [0.25, 0.3) is 0 Å². The average molecular weight is 334 g/mol. The van der Waals surface area contributed by atoms with Crippen LogP contribution >= 0.6 is 11.8 Å². The Labute approximate surface area is 130 Å². The maximum atomic E-state index is 12.6. The van der Waals surface area contributed by atoms with Crippen molar-refractivity contribution in [3.63, 3.8) is 0 Å². The Bertz CT molecular complexity index is 595. The Morgan fingerprint density at radius 2 is 2.14 bits per heavy atom. The number of rotatable bonds is 8. The molecule has 0 saturated heterocycles. The predicted molar refractivity (Wildman–Crippen MR) is 84.5 cm³/mol. The average Bonchev–Trinajstić information content (AvgIpc) is 2.88. The summed E-state index contributed by atoms with van der Waals surface area (Å²) in [6.07, 6.45) is 4.11. The number of carbonyl (C=O) groups is 1. The summed E-state index contributed by atoms with van der Waals surface area (Å²) in [5, 5.41) is 9.11. The van der Waals surface area contributed by atoms with Gasteiger partial charge in [0.2, 0.25) is 10.0 Å². The lowest BCUT2D eigenvalue weighted by Gasteiger charge is -2.23. The van der Waals surface area contributed by atoms with E-state index >= 15 is 0 Å². The number of carboxylic acid groups (broad SMARTS) is 1. The van der Waals surface area contributed by atoms with Crippen LogP contribution in [0.3, 0.4) is 0 Å². The first-order chi connectivity index (χ1) is 9.75. The van der Waals surface area contributed by atoms with Gasteiger partial charge in [0.1, 0.15) is 10.6 Å². The molecule has 21 heavy (non-hydrogen) atoms. The van der Waals surface area contributed by atoms with Crippen molar-refractivity contribution < 1.29 is 18.3 Å². The molecule has 1 atom stereocenters. The quantitative estimate of drug-likeness (QED) is 0.786. The van der Waals surface area contributed by atoms with Crippen LogP contribution in [0.2, 0.25) is 0 Å². The SMILES string of the molecule is CCn1cc(S(=O)(=O)N(C)C(C)CCSC)cc1C(=O)O. The van der Waals surface area contributed by atoms with E-state index in [1.807, 2.05) is 13.2 Å². The first-order valence-electron chi connectivity index (χ1n) is 6.66. The van der Waals surface area contributed by atoms with Crippen molar-refractivity contribution >= 4 is 27.8 Å². The molecular formula is C13H22N2O4S2. The Morgan fingerprint density at radius 1 is 1.52 bits per heavy atom. The van der Waals surface area contributed by atoms with Crippen molar-refractivity contribution in [3.05, 3.63) is 18.0 Å². The number of hydrogen-bond donors (Lipinski definition) is 1. The van der Waals surface area contributed by atoms with E-state index in [1.54, 1.807) is 18.7 Å². The minimum Gasteiger partial charge on any atom is -0.477 e. The van der Waals surface area contributed by atoms with E-state index in [0.717, 1.165) is 12.2 Å². The zero-order valence-electron chi connectivity index (χ0n) is 12.7. The summed E-state index contributed by atoms with van der Waals surface area (Å²) in [6.45, 7) is 4.03. The Balaban J connectivity index is 3.10. The summed E-state index contributed by atoms with van der Waals surface area (Å²) in [5.74, 6) is -0.256. The number of carboxylic acids is 1.